The predicted octanol–water partition coefficient (Wildman–Crippen LogP) is 2.78. The van der Waals surface area contributed by atoms with Gasteiger partial charge in [0, 0.05) is 39.1 Å². The molecular formula is C23H30N4O4. The zero-order valence-corrected chi connectivity index (χ0v) is 18.6. The van der Waals surface area contributed by atoms with Gasteiger partial charge >= 0.3 is 0 Å². The highest BCUT2D eigenvalue weighted by molar-refractivity contribution is 5.90. The second-order valence-corrected chi connectivity index (χ2v) is 8.39. The highest BCUT2D eigenvalue weighted by Gasteiger charge is 2.32. The lowest BCUT2D eigenvalue weighted by Crippen LogP contribution is -2.42. The Hall–Kier alpha value is -3.16. The van der Waals surface area contributed by atoms with Crippen LogP contribution in [0.5, 0.6) is 11.5 Å². The van der Waals surface area contributed by atoms with Crippen LogP contribution in [0.1, 0.15) is 42.9 Å². The third-order valence-corrected chi connectivity index (χ3v) is 5.33. The van der Waals surface area contributed by atoms with Crippen LogP contribution in [0.15, 0.2) is 36.7 Å². The lowest BCUT2D eigenvalue weighted by atomic mass is 9.92. The lowest BCUT2D eigenvalue weighted by molar-refractivity contribution is -0.140. The number of fused-ring (bicyclic) bond motifs is 2. The van der Waals surface area contributed by atoms with Crippen LogP contribution in [0, 0.1) is 5.41 Å². The molecule has 2 amide bonds. The molecular weight excluding hydrogens is 396 g/mol. The standard InChI is InChI=1S/C23H30N4O4/c1-23(2)16-31-19-14-17(8-9-18(19)30-4)15-27(13-6-5-12-26(3)22(23)29)21(28)20-24-10-7-11-25-20/h7-11,14H,5-6,12-13,15-16H2,1-4H3. The van der Waals surface area contributed by atoms with E-state index in [1.807, 2.05) is 32.0 Å². The molecule has 0 fully saturated rings. The summed E-state index contributed by atoms with van der Waals surface area (Å²) in [5.41, 5.74) is 0.227. The minimum Gasteiger partial charge on any atom is -0.493 e. The van der Waals surface area contributed by atoms with E-state index in [0.717, 1.165) is 18.4 Å². The number of hydrogen-bond donors (Lipinski definition) is 0. The SMILES string of the molecule is COc1ccc2cc1OCC(C)(C)C(=O)N(C)CCCCN(C(=O)c1ncccn1)C2. The van der Waals surface area contributed by atoms with E-state index in [0.29, 0.717) is 31.1 Å². The molecule has 0 N–H and O–H groups in total. The summed E-state index contributed by atoms with van der Waals surface area (Å²) in [7, 11) is 3.38. The third-order valence-electron chi connectivity index (χ3n) is 5.33. The van der Waals surface area contributed by atoms with Gasteiger partial charge in [-0.25, -0.2) is 9.97 Å². The van der Waals surface area contributed by atoms with Crippen molar-refractivity contribution >= 4 is 11.8 Å². The van der Waals surface area contributed by atoms with E-state index in [4.69, 9.17) is 9.47 Å². The van der Waals surface area contributed by atoms with Crippen LogP contribution in [0.3, 0.4) is 0 Å². The Morgan fingerprint density at radius 2 is 1.87 bits per heavy atom. The number of rotatable bonds is 2. The molecule has 2 bridgehead atoms. The van der Waals surface area contributed by atoms with Crippen molar-refractivity contribution in [2.75, 3.05) is 33.9 Å². The average Bonchev–Trinajstić information content (AvgIpc) is 2.78. The summed E-state index contributed by atoms with van der Waals surface area (Å²) in [6.45, 7) is 5.53. The maximum Gasteiger partial charge on any atom is 0.291 e. The topological polar surface area (TPSA) is 84.9 Å². The molecule has 1 aliphatic heterocycles. The summed E-state index contributed by atoms with van der Waals surface area (Å²) in [5, 5.41) is 0. The van der Waals surface area contributed by atoms with E-state index in [1.165, 1.54) is 0 Å². The molecule has 0 unspecified atom stereocenters. The number of nitrogens with zero attached hydrogens (tertiary/aromatic N) is 4. The van der Waals surface area contributed by atoms with E-state index in [2.05, 4.69) is 9.97 Å². The molecule has 0 radical (unpaired) electrons. The Morgan fingerprint density at radius 1 is 1.16 bits per heavy atom. The second-order valence-electron chi connectivity index (χ2n) is 8.39. The number of ether oxygens (including phenoxy) is 2. The van der Waals surface area contributed by atoms with Gasteiger partial charge in [0.2, 0.25) is 11.7 Å². The summed E-state index contributed by atoms with van der Waals surface area (Å²) < 4.78 is 11.5. The molecule has 8 heteroatoms. The molecule has 0 aliphatic carbocycles. The summed E-state index contributed by atoms with van der Waals surface area (Å²) in [4.78, 5) is 37.6. The summed E-state index contributed by atoms with van der Waals surface area (Å²) >= 11 is 0. The average molecular weight is 427 g/mol. The fourth-order valence-corrected chi connectivity index (χ4v) is 3.55. The first kappa shape index (κ1) is 22.5. The van der Waals surface area contributed by atoms with Gasteiger partial charge < -0.3 is 19.3 Å². The highest BCUT2D eigenvalue weighted by Crippen LogP contribution is 2.31. The number of carbonyl (C=O) groups excluding carboxylic acids is 2. The van der Waals surface area contributed by atoms with Crippen LogP contribution in [-0.2, 0) is 11.3 Å². The van der Waals surface area contributed by atoms with Gasteiger partial charge in [0.05, 0.1) is 12.5 Å². The van der Waals surface area contributed by atoms with Crippen molar-refractivity contribution in [2.24, 2.45) is 5.41 Å². The number of carbonyl (C=O) groups is 2. The molecule has 31 heavy (non-hydrogen) atoms. The molecule has 0 saturated heterocycles. The van der Waals surface area contributed by atoms with Gasteiger partial charge in [-0.15, -0.1) is 0 Å². The van der Waals surface area contributed by atoms with Gasteiger partial charge in [0.1, 0.15) is 6.61 Å². The summed E-state index contributed by atoms with van der Waals surface area (Å²) in [6.07, 6.45) is 4.67. The number of hydrogen-bond acceptors (Lipinski definition) is 6. The van der Waals surface area contributed by atoms with Crippen molar-refractivity contribution < 1.29 is 19.1 Å². The molecule has 0 atom stereocenters. The van der Waals surface area contributed by atoms with Gasteiger partial charge in [0.25, 0.3) is 5.91 Å². The quantitative estimate of drug-likeness (QED) is 0.734. The van der Waals surface area contributed by atoms with Crippen LogP contribution in [0.2, 0.25) is 0 Å². The summed E-state index contributed by atoms with van der Waals surface area (Å²) in [5.74, 6) is 1.09. The zero-order valence-electron chi connectivity index (χ0n) is 18.6. The molecule has 0 spiro atoms. The van der Waals surface area contributed by atoms with Gasteiger partial charge in [-0.1, -0.05) is 6.07 Å². The van der Waals surface area contributed by atoms with Crippen molar-refractivity contribution in [3.8, 4) is 11.5 Å². The third kappa shape index (κ3) is 5.51. The van der Waals surface area contributed by atoms with E-state index in [1.54, 1.807) is 42.4 Å². The zero-order chi connectivity index (χ0) is 22.4. The van der Waals surface area contributed by atoms with E-state index in [9.17, 15) is 9.59 Å². The minimum absolute atomic E-state index is 0.0188. The molecule has 1 aromatic carbocycles. The smallest absolute Gasteiger partial charge is 0.291 e. The Kier molecular flexibility index (Phi) is 7.09. The van der Waals surface area contributed by atoms with Gasteiger partial charge in [0.15, 0.2) is 11.5 Å². The maximum absolute atomic E-state index is 13.0. The number of amides is 2. The van der Waals surface area contributed by atoms with E-state index in [-0.39, 0.29) is 24.2 Å². The molecule has 3 rings (SSSR count). The normalized spacial score (nSPS) is 17.5. The van der Waals surface area contributed by atoms with Crippen molar-refractivity contribution in [3.05, 3.63) is 48.0 Å². The molecule has 1 aromatic heterocycles. The lowest BCUT2D eigenvalue weighted by Gasteiger charge is -2.30. The fraction of sp³-hybridized carbons (Fsp3) is 0.478. The van der Waals surface area contributed by atoms with Crippen molar-refractivity contribution in [2.45, 2.75) is 33.2 Å². The molecule has 8 nitrogen and oxygen atoms in total. The Bertz CT molecular complexity index is 917. The number of aromatic nitrogens is 2. The van der Waals surface area contributed by atoms with Crippen LogP contribution in [-0.4, -0.2) is 65.4 Å². The Morgan fingerprint density at radius 3 is 2.58 bits per heavy atom. The first-order valence-corrected chi connectivity index (χ1v) is 10.4. The first-order chi connectivity index (χ1) is 14.8. The van der Waals surface area contributed by atoms with E-state index >= 15 is 0 Å². The molecule has 2 aromatic rings. The van der Waals surface area contributed by atoms with Crippen LogP contribution >= 0.6 is 0 Å². The number of methoxy groups -OCH3 is 1. The van der Waals surface area contributed by atoms with Crippen molar-refractivity contribution in [1.29, 1.82) is 0 Å². The second kappa shape index (κ2) is 9.76. The number of benzene rings is 1. The predicted molar refractivity (Wildman–Crippen MR) is 116 cm³/mol. The fourth-order valence-electron chi connectivity index (χ4n) is 3.55. The van der Waals surface area contributed by atoms with E-state index < -0.39 is 5.41 Å². The summed E-state index contributed by atoms with van der Waals surface area (Å²) in [6, 6.07) is 7.27. The van der Waals surface area contributed by atoms with Crippen molar-refractivity contribution in [1.82, 2.24) is 19.8 Å². The first-order valence-electron chi connectivity index (χ1n) is 10.4. The monoisotopic (exact) mass is 426 g/mol. The van der Waals surface area contributed by atoms with Gasteiger partial charge in [-0.2, -0.15) is 0 Å². The molecule has 1 aliphatic rings. The maximum atomic E-state index is 13.0. The minimum atomic E-state index is -0.674. The van der Waals surface area contributed by atoms with Gasteiger partial charge in [-0.3, -0.25) is 9.59 Å². The Labute approximate surface area is 183 Å². The van der Waals surface area contributed by atoms with Crippen LogP contribution in [0.25, 0.3) is 0 Å². The molecule has 0 saturated carbocycles. The Balaban J connectivity index is 1.92. The van der Waals surface area contributed by atoms with Gasteiger partial charge in [-0.05, 0) is 50.5 Å². The van der Waals surface area contributed by atoms with Crippen molar-refractivity contribution in [3.63, 3.8) is 0 Å². The van der Waals surface area contributed by atoms with Crippen LogP contribution < -0.4 is 9.47 Å². The highest BCUT2D eigenvalue weighted by atomic mass is 16.5. The molecule has 2 heterocycles. The largest absolute Gasteiger partial charge is 0.493 e. The molecule has 166 valence electrons. The van der Waals surface area contributed by atoms with Crippen LogP contribution in [0.4, 0.5) is 0 Å².